The number of hydrogen-bond donors (Lipinski definition) is 1. The molecular formula is C27H38BFN2O7. The van der Waals surface area contributed by atoms with Crippen LogP contribution in [-0.2, 0) is 9.31 Å². The number of halogens is 1. The van der Waals surface area contributed by atoms with Crippen LogP contribution in [0.1, 0.15) is 70.8 Å². The van der Waals surface area contributed by atoms with E-state index in [1.165, 1.54) is 16.9 Å². The zero-order valence-corrected chi connectivity index (χ0v) is 23.7. The van der Waals surface area contributed by atoms with Gasteiger partial charge in [0.05, 0.1) is 36.3 Å². The number of benzene rings is 1. The number of likely N-dealkylation sites (tertiary alicyclic amines) is 1. The smallest absolute Gasteiger partial charge is 0.496 e. The summed E-state index contributed by atoms with van der Waals surface area (Å²) in [5.41, 5.74) is 0.0815. The molecule has 9 nitrogen and oxygen atoms in total. The maximum absolute atomic E-state index is 14.8. The molecule has 38 heavy (non-hydrogen) atoms. The topological polar surface area (TPSA) is 102 Å². The molecule has 2 aliphatic heterocycles. The van der Waals surface area contributed by atoms with Crippen molar-refractivity contribution in [2.45, 2.75) is 90.8 Å². The number of nitrogens with zero attached hydrogens (tertiary/aromatic N) is 2. The minimum atomic E-state index is -1.35. The molecule has 1 aromatic carbocycles. The summed E-state index contributed by atoms with van der Waals surface area (Å²) in [5, 5.41) is 10.5. The Kier molecular flexibility index (Phi) is 7.02. The van der Waals surface area contributed by atoms with E-state index in [9.17, 15) is 19.1 Å². The number of fused-ring (bicyclic) bond motifs is 1. The summed E-state index contributed by atoms with van der Waals surface area (Å²) in [6.45, 7) is 14.9. The number of furan rings is 1. The van der Waals surface area contributed by atoms with Crippen molar-refractivity contribution in [2.75, 3.05) is 20.2 Å². The van der Waals surface area contributed by atoms with Crippen molar-refractivity contribution in [1.82, 2.24) is 9.80 Å². The molecule has 208 valence electrons. The fraction of sp³-hybridized carbons (Fsp3) is 0.630. The Bertz CT molecular complexity index is 1240. The molecule has 0 radical (unpaired) electrons. The summed E-state index contributed by atoms with van der Waals surface area (Å²) in [4.78, 5) is 28.2. The third-order valence-electron chi connectivity index (χ3n) is 7.92. The van der Waals surface area contributed by atoms with Crippen molar-refractivity contribution < 1.29 is 37.5 Å². The number of amides is 2. The van der Waals surface area contributed by atoms with Gasteiger partial charge in [0.2, 0.25) is 0 Å². The molecule has 11 heteroatoms. The highest BCUT2D eigenvalue weighted by molar-refractivity contribution is 6.61. The number of rotatable bonds is 4. The summed E-state index contributed by atoms with van der Waals surface area (Å²) < 4.78 is 39.0. The largest absolute Gasteiger partial charge is 0.533 e. The highest BCUT2D eigenvalue weighted by Gasteiger charge is 2.54. The van der Waals surface area contributed by atoms with Crippen molar-refractivity contribution in [3.8, 4) is 5.75 Å². The average molecular weight is 532 g/mol. The Balaban J connectivity index is 1.68. The standard InChI is InChI=1S/C27H38BFN2O7/c1-15-21-19(35-9)10-16(11-20(21)36-22(15)28-37-26(5,6)27(7,8)38-28)23(32)30-13-17(29)12-18(14-30)31(24(33)34)25(2,3)4/h10-11,17-18H,12-14H2,1-9H3,(H,33,34)/t17-,18-/m1/s1. The van der Waals surface area contributed by atoms with Crippen LogP contribution in [0.5, 0.6) is 5.75 Å². The molecule has 4 rings (SSSR count). The lowest BCUT2D eigenvalue weighted by molar-refractivity contribution is 0.00578. The Morgan fingerprint density at radius 2 is 1.76 bits per heavy atom. The second kappa shape index (κ2) is 9.45. The predicted octanol–water partition coefficient (Wildman–Crippen LogP) is 4.38. The van der Waals surface area contributed by atoms with Gasteiger partial charge in [0.1, 0.15) is 23.2 Å². The van der Waals surface area contributed by atoms with E-state index in [4.69, 9.17) is 18.5 Å². The number of carbonyl (C=O) groups excluding carboxylic acids is 1. The Labute approximate surface area is 223 Å². The van der Waals surface area contributed by atoms with Crippen LogP contribution in [0.25, 0.3) is 11.0 Å². The monoisotopic (exact) mass is 532 g/mol. The molecule has 0 saturated carbocycles. The van der Waals surface area contributed by atoms with E-state index >= 15 is 0 Å². The third kappa shape index (κ3) is 4.86. The van der Waals surface area contributed by atoms with Crippen molar-refractivity contribution in [1.29, 1.82) is 0 Å². The van der Waals surface area contributed by atoms with Gasteiger partial charge in [-0.15, -0.1) is 0 Å². The average Bonchev–Trinajstić information content (AvgIpc) is 3.22. The molecule has 0 unspecified atom stereocenters. The van der Waals surface area contributed by atoms with Gasteiger partial charge in [-0.05, 0) is 73.1 Å². The van der Waals surface area contributed by atoms with Gasteiger partial charge in [0, 0.05) is 24.1 Å². The van der Waals surface area contributed by atoms with E-state index < -0.39 is 48.1 Å². The fourth-order valence-corrected chi connectivity index (χ4v) is 5.36. The van der Waals surface area contributed by atoms with E-state index in [-0.39, 0.29) is 25.1 Å². The maximum atomic E-state index is 14.8. The highest BCUT2D eigenvalue weighted by atomic mass is 19.1. The number of aryl methyl sites for hydroxylation is 1. The Morgan fingerprint density at radius 3 is 2.29 bits per heavy atom. The first-order valence-electron chi connectivity index (χ1n) is 12.9. The minimum Gasteiger partial charge on any atom is -0.496 e. The molecule has 0 bridgehead atoms. The van der Waals surface area contributed by atoms with Crippen molar-refractivity contribution >= 4 is 35.7 Å². The molecule has 2 fully saturated rings. The first kappa shape index (κ1) is 28.2. The van der Waals surface area contributed by atoms with Gasteiger partial charge in [0.25, 0.3) is 5.91 Å². The summed E-state index contributed by atoms with van der Waals surface area (Å²) in [6, 6.07) is 2.54. The Hall–Kier alpha value is -2.79. The summed E-state index contributed by atoms with van der Waals surface area (Å²) >= 11 is 0. The lowest BCUT2D eigenvalue weighted by Gasteiger charge is -2.45. The highest BCUT2D eigenvalue weighted by Crippen LogP contribution is 2.39. The SMILES string of the molecule is COc1cc(C(=O)N2C[C@H](F)C[C@@H](N(C(=O)O)C(C)(C)C)C2)cc2oc(B3OC(C)(C)C(C)(C)O3)c(C)c12. The molecule has 0 aliphatic carbocycles. The van der Waals surface area contributed by atoms with Crippen molar-refractivity contribution in [3.63, 3.8) is 0 Å². The van der Waals surface area contributed by atoms with Gasteiger partial charge in [-0.1, -0.05) is 0 Å². The number of alkyl halides is 1. The van der Waals surface area contributed by atoms with E-state index in [1.54, 1.807) is 32.9 Å². The van der Waals surface area contributed by atoms with E-state index in [0.717, 1.165) is 5.56 Å². The molecule has 2 aromatic rings. The van der Waals surface area contributed by atoms with Gasteiger partial charge in [0.15, 0.2) is 0 Å². The van der Waals surface area contributed by atoms with E-state index in [0.29, 0.717) is 22.4 Å². The normalized spacial score (nSPS) is 23.1. The van der Waals surface area contributed by atoms with E-state index in [2.05, 4.69) is 0 Å². The molecule has 0 spiro atoms. The zero-order valence-electron chi connectivity index (χ0n) is 23.7. The van der Waals surface area contributed by atoms with Crippen LogP contribution in [0.3, 0.4) is 0 Å². The minimum absolute atomic E-state index is 0.0323. The lowest BCUT2D eigenvalue weighted by atomic mass is 9.83. The number of hydrogen-bond acceptors (Lipinski definition) is 6. The lowest BCUT2D eigenvalue weighted by Crippen LogP contribution is -2.59. The molecule has 1 aromatic heterocycles. The van der Waals surface area contributed by atoms with Gasteiger partial charge in [-0.3, -0.25) is 9.69 Å². The molecule has 3 heterocycles. The first-order valence-corrected chi connectivity index (χ1v) is 12.9. The van der Waals surface area contributed by atoms with Crippen LogP contribution < -0.4 is 10.4 Å². The predicted molar refractivity (Wildman–Crippen MR) is 142 cm³/mol. The van der Waals surface area contributed by atoms with Gasteiger partial charge in [-0.2, -0.15) is 0 Å². The van der Waals surface area contributed by atoms with Crippen molar-refractivity contribution in [2.24, 2.45) is 0 Å². The second-order valence-electron chi connectivity index (χ2n) is 12.3. The number of piperidine rings is 1. The summed E-state index contributed by atoms with van der Waals surface area (Å²) in [6.07, 6.45) is -2.47. The van der Waals surface area contributed by atoms with Crippen LogP contribution in [-0.4, -0.2) is 83.2 Å². The third-order valence-corrected chi connectivity index (χ3v) is 7.92. The number of carbonyl (C=O) groups is 2. The van der Waals surface area contributed by atoms with Crippen LogP contribution in [0.2, 0.25) is 0 Å². The zero-order chi connectivity index (χ0) is 28.4. The van der Waals surface area contributed by atoms with E-state index in [1.807, 2.05) is 34.6 Å². The van der Waals surface area contributed by atoms with Crippen LogP contribution in [0.4, 0.5) is 9.18 Å². The number of methoxy groups -OCH3 is 1. The quantitative estimate of drug-likeness (QED) is 0.584. The van der Waals surface area contributed by atoms with Gasteiger partial charge >= 0.3 is 13.2 Å². The van der Waals surface area contributed by atoms with Crippen LogP contribution >= 0.6 is 0 Å². The Morgan fingerprint density at radius 1 is 1.16 bits per heavy atom. The summed E-state index contributed by atoms with van der Waals surface area (Å²) in [5.74, 6) is 0.00473. The molecular weight excluding hydrogens is 494 g/mol. The van der Waals surface area contributed by atoms with Crippen LogP contribution in [0, 0.1) is 6.92 Å². The second-order valence-corrected chi connectivity index (χ2v) is 12.3. The van der Waals surface area contributed by atoms with Gasteiger partial charge in [-0.25, -0.2) is 9.18 Å². The maximum Gasteiger partial charge on any atom is 0.533 e. The molecule has 2 amide bonds. The van der Waals surface area contributed by atoms with Crippen LogP contribution in [0.15, 0.2) is 16.5 Å². The molecule has 2 atom stereocenters. The van der Waals surface area contributed by atoms with Gasteiger partial charge < -0.3 is 28.5 Å². The fourth-order valence-electron chi connectivity index (χ4n) is 5.36. The number of ether oxygens (including phenoxy) is 1. The molecule has 2 saturated heterocycles. The summed E-state index contributed by atoms with van der Waals surface area (Å²) in [7, 11) is 0.776. The molecule has 1 N–H and O–H groups in total. The number of carboxylic acid groups (broad SMARTS) is 1. The van der Waals surface area contributed by atoms with Crippen molar-refractivity contribution in [3.05, 3.63) is 23.3 Å². The molecule has 2 aliphatic rings. The first-order chi connectivity index (χ1) is 17.5.